The Balaban J connectivity index is 0.000000449. The van der Waals surface area contributed by atoms with E-state index in [0.717, 1.165) is 0 Å². The fourth-order valence-electron chi connectivity index (χ4n) is 6.61. The third kappa shape index (κ3) is 8.83. The summed E-state index contributed by atoms with van der Waals surface area (Å²) < 4.78 is 0. The van der Waals surface area contributed by atoms with E-state index in [4.69, 9.17) is 0 Å². The first-order chi connectivity index (χ1) is 18.9. The van der Waals surface area contributed by atoms with Gasteiger partial charge in [0.2, 0.25) is 0 Å². The summed E-state index contributed by atoms with van der Waals surface area (Å²) in [5.74, 6) is 0. The normalized spacial score (nSPS) is 13.0. The molecule has 3 aromatic carbocycles. The lowest BCUT2D eigenvalue weighted by Gasteiger charge is -2.33. The van der Waals surface area contributed by atoms with E-state index in [1.54, 1.807) is 11.1 Å². The van der Waals surface area contributed by atoms with Crippen molar-refractivity contribution in [1.29, 1.82) is 0 Å². The summed E-state index contributed by atoms with van der Waals surface area (Å²) >= 11 is 0. The van der Waals surface area contributed by atoms with Crippen molar-refractivity contribution >= 4 is 0 Å². The van der Waals surface area contributed by atoms with Crippen molar-refractivity contribution in [3.63, 3.8) is 0 Å². The van der Waals surface area contributed by atoms with E-state index in [1.807, 2.05) is 0 Å². The van der Waals surface area contributed by atoms with Gasteiger partial charge in [0.15, 0.2) is 0 Å². The Bertz CT molecular complexity index is 1050. The van der Waals surface area contributed by atoms with E-state index in [2.05, 4.69) is 102 Å². The van der Waals surface area contributed by atoms with E-state index in [9.17, 15) is 0 Å². The molecule has 1 aliphatic rings. The molecular formula is C39H56. The summed E-state index contributed by atoms with van der Waals surface area (Å²) in [6, 6.07) is 22.9. The van der Waals surface area contributed by atoms with E-state index >= 15 is 0 Å². The van der Waals surface area contributed by atoms with Crippen molar-refractivity contribution in [3.8, 4) is 11.1 Å². The lowest BCUT2D eigenvalue weighted by atomic mass is 9.70. The minimum Gasteiger partial charge on any atom is -0.0654 e. The van der Waals surface area contributed by atoms with Crippen molar-refractivity contribution < 1.29 is 0 Å². The number of unbranched alkanes of at least 4 members (excludes halogenated alkanes) is 10. The number of hydrogen-bond acceptors (Lipinski definition) is 0. The van der Waals surface area contributed by atoms with E-state index in [-0.39, 0.29) is 5.41 Å². The molecule has 0 aliphatic heterocycles. The van der Waals surface area contributed by atoms with Crippen LogP contribution in [0.25, 0.3) is 11.1 Å². The number of fused-ring (bicyclic) bond motifs is 3. The third-order valence-corrected chi connectivity index (χ3v) is 8.76. The van der Waals surface area contributed by atoms with Crippen molar-refractivity contribution in [3.05, 3.63) is 94.0 Å². The summed E-state index contributed by atoms with van der Waals surface area (Å²) in [5.41, 5.74) is 12.0. The average Bonchev–Trinajstić information content (AvgIpc) is 3.16. The number of rotatable bonds is 14. The molecule has 0 radical (unpaired) electrons. The van der Waals surface area contributed by atoms with Crippen LogP contribution in [0.5, 0.6) is 0 Å². The standard InChI is InChI=1S/C31H46.C8H10/c1-5-7-9-11-13-15-21-31(22-16-14-12-10-8-6-2)29-23-25(3)17-19-27(29)28-20-18-26(4)24-30(28)31;1-7-4-3-5-8(2)6-7/h17-20,23-24H,5-16,21-22H2,1-4H3;3-6H,1-2H3. The fraction of sp³-hybridized carbons (Fsp3) is 0.538. The molecule has 0 atom stereocenters. The van der Waals surface area contributed by atoms with Gasteiger partial charge in [0, 0.05) is 5.41 Å². The molecule has 0 spiro atoms. The minimum atomic E-state index is 0.234. The third-order valence-electron chi connectivity index (χ3n) is 8.76. The second-order valence-corrected chi connectivity index (χ2v) is 12.4. The van der Waals surface area contributed by atoms with Crippen LogP contribution in [-0.4, -0.2) is 0 Å². The molecule has 1 aliphatic carbocycles. The molecule has 0 heterocycles. The molecule has 0 fully saturated rings. The number of aryl methyl sites for hydroxylation is 4. The van der Waals surface area contributed by atoms with Crippen molar-refractivity contribution in [1.82, 2.24) is 0 Å². The largest absolute Gasteiger partial charge is 0.0654 e. The first-order valence-electron chi connectivity index (χ1n) is 16.2. The lowest BCUT2D eigenvalue weighted by molar-refractivity contribution is 0.397. The Morgan fingerprint density at radius 3 is 1.21 bits per heavy atom. The van der Waals surface area contributed by atoms with Gasteiger partial charge in [-0.05, 0) is 62.8 Å². The Morgan fingerprint density at radius 1 is 0.436 bits per heavy atom. The summed E-state index contributed by atoms with van der Waals surface area (Å²) in [7, 11) is 0. The van der Waals surface area contributed by atoms with Gasteiger partial charge < -0.3 is 0 Å². The molecule has 0 saturated carbocycles. The Morgan fingerprint density at radius 2 is 0.821 bits per heavy atom. The van der Waals surface area contributed by atoms with Crippen LogP contribution in [-0.2, 0) is 5.41 Å². The van der Waals surface area contributed by atoms with Gasteiger partial charge in [0.1, 0.15) is 0 Å². The second kappa shape index (κ2) is 16.1. The summed E-state index contributed by atoms with van der Waals surface area (Å²) in [6.07, 6.45) is 19.2. The predicted octanol–water partition coefficient (Wildman–Crippen LogP) is 12.4. The quantitative estimate of drug-likeness (QED) is 0.184. The molecule has 0 N–H and O–H groups in total. The highest BCUT2D eigenvalue weighted by Crippen LogP contribution is 2.54. The Hall–Kier alpha value is -2.34. The molecule has 0 aromatic heterocycles. The molecule has 0 nitrogen and oxygen atoms in total. The molecule has 212 valence electrons. The Labute approximate surface area is 241 Å². The maximum absolute atomic E-state index is 2.53. The maximum Gasteiger partial charge on any atom is 0.0215 e. The van der Waals surface area contributed by atoms with Crippen molar-refractivity contribution in [2.45, 2.75) is 137 Å². The Kier molecular flexibility index (Phi) is 12.8. The smallest absolute Gasteiger partial charge is 0.0215 e. The molecule has 0 amide bonds. The van der Waals surface area contributed by atoms with Crippen LogP contribution in [0.3, 0.4) is 0 Å². The van der Waals surface area contributed by atoms with Crippen LogP contribution in [0.15, 0.2) is 60.7 Å². The molecule has 0 saturated heterocycles. The van der Waals surface area contributed by atoms with Gasteiger partial charge in [-0.3, -0.25) is 0 Å². The van der Waals surface area contributed by atoms with Gasteiger partial charge in [0.25, 0.3) is 0 Å². The number of benzene rings is 3. The molecule has 3 aromatic rings. The van der Waals surface area contributed by atoms with Crippen LogP contribution >= 0.6 is 0 Å². The van der Waals surface area contributed by atoms with Gasteiger partial charge >= 0.3 is 0 Å². The monoisotopic (exact) mass is 524 g/mol. The van der Waals surface area contributed by atoms with Gasteiger partial charge in [-0.2, -0.15) is 0 Å². The highest BCUT2D eigenvalue weighted by Gasteiger charge is 2.42. The summed E-state index contributed by atoms with van der Waals surface area (Å²) in [5, 5.41) is 0. The van der Waals surface area contributed by atoms with Crippen LogP contribution < -0.4 is 0 Å². The first kappa shape index (κ1) is 31.2. The van der Waals surface area contributed by atoms with Crippen LogP contribution in [0.4, 0.5) is 0 Å². The van der Waals surface area contributed by atoms with Gasteiger partial charge in [0.05, 0.1) is 0 Å². The van der Waals surface area contributed by atoms with Crippen molar-refractivity contribution in [2.75, 3.05) is 0 Å². The predicted molar refractivity (Wildman–Crippen MR) is 174 cm³/mol. The molecule has 0 bridgehead atoms. The van der Waals surface area contributed by atoms with E-state index in [1.165, 1.54) is 123 Å². The SMILES string of the molecule is CCCCCCCCC1(CCCCCCCC)c2cc(C)ccc2-c2ccc(C)cc21.Cc1cccc(C)c1. The lowest BCUT2D eigenvalue weighted by Crippen LogP contribution is -2.25. The topological polar surface area (TPSA) is 0 Å². The summed E-state index contributed by atoms with van der Waals surface area (Å²) in [4.78, 5) is 0. The maximum atomic E-state index is 2.53. The average molecular weight is 525 g/mol. The van der Waals surface area contributed by atoms with Gasteiger partial charge in [-0.25, -0.2) is 0 Å². The highest BCUT2D eigenvalue weighted by atomic mass is 14.4. The van der Waals surface area contributed by atoms with Gasteiger partial charge in [-0.1, -0.05) is 174 Å². The molecular weight excluding hydrogens is 468 g/mol. The molecule has 0 heteroatoms. The highest BCUT2D eigenvalue weighted by molar-refractivity contribution is 5.81. The summed E-state index contributed by atoms with van der Waals surface area (Å²) in [6.45, 7) is 13.4. The zero-order valence-electron chi connectivity index (χ0n) is 26.2. The fourth-order valence-corrected chi connectivity index (χ4v) is 6.61. The zero-order chi connectivity index (χ0) is 28.1. The number of hydrogen-bond donors (Lipinski definition) is 0. The zero-order valence-corrected chi connectivity index (χ0v) is 26.2. The van der Waals surface area contributed by atoms with E-state index < -0.39 is 0 Å². The van der Waals surface area contributed by atoms with Crippen molar-refractivity contribution in [2.24, 2.45) is 0 Å². The van der Waals surface area contributed by atoms with Crippen LogP contribution in [0.2, 0.25) is 0 Å². The molecule has 39 heavy (non-hydrogen) atoms. The second-order valence-electron chi connectivity index (χ2n) is 12.4. The van der Waals surface area contributed by atoms with E-state index in [0.29, 0.717) is 0 Å². The first-order valence-corrected chi connectivity index (χ1v) is 16.2. The van der Waals surface area contributed by atoms with Crippen LogP contribution in [0.1, 0.15) is 137 Å². The van der Waals surface area contributed by atoms with Crippen LogP contribution in [0, 0.1) is 27.7 Å². The molecule has 0 unspecified atom stereocenters. The van der Waals surface area contributed by atoms with Gasteiger partial charge in [-0.15, -0.1) is 0 Å². The molecule has 4 rings (SSSR count). The minimum absolute atomic E-state index is 0.234.